The Bertz CT molecular complexity index is 203. The molecule has 0 bridgehead atoms. The maximum absolute atomic E-state index is 5.66. The number of rotatable bonds is 4. The molecule has 0 aliphatic heterocycles. The van der Waals surface area contributed by atoms with Crippen molar-refractivity contribution in [2.24, 2.45) is 0 Å². The predicted octanol–water partition coefficient (Wildman–Crippen LogP) is 3.21. The highest BCUT2D eigenvalue weighted by molar-refractivity contribution is 6.74. The third-order valence-corrected chi connectivity index (χ3v) is 6.71. The highest BCUT2D eigenvalue weighted by atomic mass is 28.4. The number of nitrogens with one attached hydrogen (secondary N) is 1. The zero-order valence-electron chi connectivity index (χ0n) is 9.40. The van der Waals surface area contributed by atoms with Gasteiger partial charge in [0.15, 0.2) is 0 Å². The van der Waals surface area contributed by atoms with Crippen LogP contribution in [-0.4, -0.2) is 8.32 Å². The van der Waals surface area contributed by atoms with Gasteiger partial charge in [-0.1, -0.05) is 33.9 Å². The Labute approximate surface area is 82.8 Å². The highest BCUT2D eigenvalue weighted by Gasteiger charge is 2.38. The van der Waals surface area contributed by atoms with E-state index in [-0.39, 0.29) is 5.04 Å². The van der Waals surface area contributed by atoms with E-state index in [4.69, 9.17) is 4.53 Å². The van der Waals surface area contributed by atoms with Crippen LogP contribution in [0.5, 0.6) is 0 Å². The summed E-state index contributed by atoms with van der Waals surface area (Å²) in [5.74, 6) is 0. The minimum Gasteiger partial charge on any atom is -0.322 e. The van der Waals surface area contributed by atoms with Crippen LogP contribution in [0.4, 0.5) is 0 Å². The lowest BCUT2D eigenvalue weighted by molar-refractivity contribution is 0.209. The predicted molar refractivity (Wildman–Crippen MR) is 60.8 cm³/mol. The molecule has 0 heterocycles. The molecule has 0 aromatic carbocycles. The molecule has 0 rings (SSSR count). The van der Waals surface area contributed by atoms with Crippen LogP contribution in [0.15, 0.2) is 24.9 Å². The van der Waals surface area contributed by atoms with Gasteiger partial charge in [0.1, 0.15) is 0 Å². The molecule has 0 amide bonds. The van der Waals surface area contributed by atoms with Gasteiger partial charge < -0.3 is 4.53 Å². The molecule has 2 nitrogen and oxygen atoms in total. The third kappa shape index (κ3) is 3.78. The van der Waals surface area contributed by atoms with Crippen molar-refractivity contribution < 1.29 is 4.53 Å². The molecule has 0 radical (unpaired) electrons. The summed E-state index contributed by atoms with van der Waals surface area (Å²) < 4.78 is 5.66. The standard InChI is InChI=1S/C10H21NOSi/c1-8-9(2)11-12-13(6,7)10(3,4)5/h8,11H,1-2H2,3-7H3. The Morgan fingerprint density at radius 3 is 2.15 bits per heavy atom. The van der Waals surface area contributed by atoms with Crippen LogP contribution < -0.4 is 5.48 Å². The first kappa shape index (κ1) is 12.5. The number of hydrogen-bond acceptors (Lipinski definition) is 2. The van der Waals surface area contributed by atoms with Gasteiger partial charge in [-0.3, -0.25) is 5.48 Å². The zero-order chi connectivity index (χ0) is 10.7. The molecule has 76 valence electrons. The first-order valence-corrected chi connectivity index (χ1v) is 7.37. The summed E-state index contributed by atoms with van der Waals surface area (Å²) in [4.78, 5) is 0. The largest absolute Gasteiger partial charge is 0.322 e. The van der Waals surface area contributed by atoms with Crippen LogP contribution in [0.2, 0.25) is 18.1 Å². The lowest BCUT2D eigenvalue weighted by Gasteiger charge is -2.35. The number of allylic oxidation sites excluding steroid dienone is 1. The van der Waals surface area contributed by atoms with E-state index >= 15 is 0 Å². The van der Waals surface area contributed by atoms with E-state index in [0.717, 1.165) is 0 Å². The Morgan fingerprint density at radius 1 is 1.38 bits per heavy atom. The van der Waals surface area contributed by atoms with Crippen molar-refractivity contribution in [3.8, 4) is 0 Å². The summed E-state index contributed by atoms with van der Waals surface area (Å²) in [5, 5.41) is 0.210. The smallest absolute Gasteiger partial charge is 0.228 e. The van der Waals surface area contributed by atoms with Gasteiger partial charge in [-0.2, -0.15) is 0 Å². The first-order valence-electron chi connectivity index (χ1n) is 4.46. The maximum atomic E-state index is 5.66. The third-order valence-electron chi connectivity index (χ3n) is 2.49. The van der Waals surface area contributed by atoms with Gasteiger partial charge in [-0.15, -0.1) is 0 Å². The summed E-state index contributed by atoms with van der Waals surface area (Å²) in [5.41, 5.74) is 3.54. The van der Waals surface area contributed by atoms with Gasteiger partial charge in [0.2, 0.25) is 8.32 Å². The Morgan fingerprint density at radius 2 is 1.85 bits per heavy atom. The monoisotopic (exact) mass is 199 g/mol. The van der Waals surface area contributed by atoms with Crippen LogP contribution >= 0.6 is 0 Å². The van der Waals surface area contributed by atoms with Gasteiger partial charge in [-0.05, 0) is 24.2 Å². The Kier molecular flexibility index (Phi) is 3.94. The maximum Gasteiger partial charge on any atom is 0.228 e. The summed E-state index contributed by atoms with van der Waals surface area (Å²) in [6.45, 7) is 18.3. The minimum atomic E-state index is -1.70. The quantitative estimate of drug-likeness (QED) is 0.426. The van der Waals surface area contributed by atoms with Gasteiger partial charge in [0.25, 0.3) is 0 Å². The molecule has 0 saturated heterocycles. The molecule has 13 heavy (non-hydrogen) atoms. The van der Waals surface area contributed by atoms with E-state index < -0.39 is 8.32 Å². The molecule has 3 heteroatoms. The fourth-order valence-electron chi connectivity index (χ4n) is 0.388. The van der Waals surface area contributed by atoms with Crippen LogP contribution in [-0.2, 0) is 4.53 Å². The molecule has 0 unspecified atom stereocenters. The van der Waals surface area contributed by atoms with Crippen LogP contribution in [0.25, 0.3) is 0 Å². The second-order valence-electron chi connectivity index (χ2n) is 4.69. The lowest BCUT2D eigenvalue weighted by atomic mass is 10.2. The molecule has 1 N–H and O–H groups in total. The van der Waals surface area contributed by atoms with Gasteiger partial charge >= 0.3 is 0 Å². The molecular weight excluding hydrogens is 178 g/mol. The van der Waals surface area contributed by atoms with Crippen LogP contribution in [0.3, 0.4) is 0 Å². The van der Waals surface area contributed by atoms with E-state index in [1.165, 1.54) is 0 Å². The second-order valence-corrected chi connectivity index (χ2v) is 9.42. The van der Waals surface area contributed by atoms with E-state index in [1.807, 2.05) is 0 Å². The fraction of sp³-hybridized carbons (Fsp3) is 0.600. The molecule has 0 spiro atoms. The van der Waals surface area contributed by atoms with Gasteiger partial charge in [-0.25, -0.2) is 0 Å². The van der Waals surface area contributed by atoms with Crippen molar-refractivity contribution in [2.45, 2.75) is 38.9 Å². The van der Waals surface area contributed by atoms with Crippen LogP contribution in [0, 0.1) is 0 Å². The average molecular weight is 199 g/mol. The Hall–Kier alpha value is -0.543. The molecular formula is C10H21NOSi. The van der Waals surface area contributed by atoms with Crippen molar-refractivity contribution in [1.29, 1.82) is 0 Å². The molecule has 0 aliphatic carbocycles. The highest BCUT2D eigenvalue weighted by Crippen LogP contribution is 2.35. The van der Waals surface area contributed by atoms with Gasteiger partial charge in [0.05, 0.1) is 5.70 Å². The SMILES string of the molecule is C=CC(=C)NO[Si](C)(C)C(C)(C)C. The van der Waals surface area contributed by atoms with E-state index in [0.29, 0.717) is 5.70 Å². The molecule has 0 aromatic heterocycles. The van der Waals surface area contributed by atoms with Crippen LogP contribution in [0.1, 0.15) is 20.8 Å². The molecule has 0 saturated carbocycles. The van der Waals surface area contributed by atoms with E-state index in [9.17, 15) is 0 Å². The van der Waals surface area contributed by atoms with E-state index in [2.05, 4.69) is 52.5 Å². The van der Waals surface area contributed by atoms with Crippen molar-refractivity contribution in [1.82, 2.24) is 5.48 Å². The van der Waals surface area contributed by atoms with Crippen molar-refractivity contribution in [3.05, 3.63) is 24.9 Å². The van der Waals surface area contributed by atoms with Crippen molar-refractivity contribution in [2.75, 3.05) is 0 Å². The number of hydrogen-bond donors (Lipinski definition) is 1. The Balaban J connectivity index is 4.19. The number of hydroxylamine groups is 1. The molecule has 0 atom stereocenters. The molecule has 0 aromatic rings. The minimum absolute atomic E-state index is 0.210. The fourth-order valence-corrected chi connectivity index (χ4v) is 1.08. The molecule has 0 fully saturated rings. The average Bonchev–Trinajstić information content (AvgIpc) is 1.98. The summed E-state index contributed by atoms with van der Waals surface area (Å²) >= 11 is 0. The van der Waals surface area contributed by atoms with Gasteiger partial charge in [0, 0.05) is 0 Å². The summed E-state index contributed by atoms with van der Waals surface area (Å²) in [7, 11) is -1.70. The summed E-state index contributed by atoms with van der Waals surface area (Å²) in [6, 6.07) is 0. The molecule has 0 aliphatic rings. The first-order chi connectivity index (χ1) is 5.70. The topological polar surface area (TPSA) is 21.3 Å². The normalized spacial score (nSPS) is 12.4. The summed E-state index contributed by atoms with van der Waals surface area (Å²) in [6.07, 6.45) is 1.65. The second kappa shape index (κ2) is 4.11. The van der Waals surface area contributed by atoms with Crippen molar-refractivity contribution in [3.63, 3.8) is 0 Å². The van der Waals surface area contributed by atoms with Crippen molar-refractivity contribution >= 4 is 8.32 Å². The zero-order valence-corrected chi connectivity index (χ0v) is 10.4. The van der Waals surface area contributed by atoms with E-state index in [1.54, 1.807) is 6.08 Å². The lowest BCUT2D eigenvalue weighted by Crippen LogP contribution is -2.44.